The summed E-state index contributed by atoms with van der Waals surface area (Å²) in [4.78, 5) is 0.0491. The van der Waals surface area contributed by atoms with Crippen molar-refractivity contribution in [3.63, 3.8) is 0 Å². The van der Waals surface area contributed by atoms with E-state index in [1.807, 2.05) is 12.1 Å². The van der Waals surface area contributed by atoms with Gasteiger partial charge in [-0.3, -0.25) is 0 Å². The van der Waals surface area contributed by atoms with Crippen molar-refractivity contribution in [1.82, 2.24) is 4.72 Å². The Morgan fingerprint density at radius 2 is 1.68 bits per heavy atom. The van der Waals surface area contributed by atoms with Crippen molar-refractivity contribution in [2.75, 3.05) is 0 Å². The molecule has 1 aromatic carbocycles. The molecule has 0 spiro atoms. The lowest BCUT2D eigenvalue weighted by Gasteiger charge is -2.24. The van der Waals surface area contributed by atoms with E-state index in [9.17, 15) is 8.42 Å². The average Bonchev–Trinajstić information content (AvgIpc) is 2.45. The van der Waals surface area contributed by atoms with Gasteiger partial charge in [-0.1, -0.05) is 13.8 Å². The van der Waals surface area contributed by atoms with Gasteiger partial charge >= 0.3 is 0 Å². The Balaban J connectivity index is 3.11. The van der Waals surface area contributed by atoms with E-state index in [-0.39, 0.29) is 4.90 Å². The normalized spacial score (nSPS) is 11.6. The van der Waals surface area contributed by atoms with E-state index in [2.05, 4.69) is 4.72 Å². The summed E-state index contributed by atoms with van der Waals surface area (Å²) in [6.07, 6.45) is 0.769. The number of benzene rings is 1. The summed E-state index contributed by atoms with van der Waals surface area (Å²) in [5.74, 6) is 0. The number of nitriles is 2. The highest BCUT2D eigenvalue weighted by atomic mass is 32.2. The van der Waals surface area contributed by atoms with E-state index < -0.39 is 15.6 Å². The van der Waals surface area contributed by atoms with Crippen LogP contribution in [0.25, 0.3) is 0 Å². The molecule has 19 heavy (non-hydrogen) atoms. The maximum absolute atomic E-state index is 12.2. The van der Waals surface area contributed by atoms with Crippen molar-refractivity contribution < 1.29 is 8.42 Å². The van der Waals surface area contributed by atoms with Gasteiger partial charge in [0.25, 0.3) is 0 Å². The first kappa shape index (κ1) is 15.2. The van der Waals surface area contributed by atoms with Gasteiger partial charge in [0.15, 0.2) is 0 Å². The second-order valence-corrected chi connectivity index (χ2v) is 5.83. The topological polar surface area (TPSA) is 93.8 Å². The molecule has 1 rings (SSSR count). The quantitative estimate of drug-likeness (QED) is 0.889. The van der Waals surface area contributed by atoms with Gasteiger partial charge in [0.2, 0.25) is 10.0 Å². The predicted molar refractivity (Wildman–Crippen MR) is 70.4 cm³/mol. The van der Waals surface area contributed by atoms with Crippen molar-refractivity contribution in [3.05, 3.63) is 29.8 Å². The van der Waals surface area contributed by atoms with Crippen molar-refractivity contribution in [2.24, 2.45) is 0 Å². The molecular weight excluding hydrogens is 262 g/mol. The van der Waals surface area contributed by atoms with E-state index in [4.69, 9.17) is 10.5 Å². The Labute approximate surface area is 113 Å². The Morgan fingerprint density at radius 3 is 2.05 bits per heavy atom. The number of hydrogen-bond acceptors (Lipinski definition) is 4. The van der Waals surface area contributed by atoms with E-state index in [0.717, 1.165) is 0 Å². The second-order valence-electron chi connectivity index (χ2n) is 4.14. The minimum absolute atomic E-state index is 0.0491. The minimum Gasteiger partial charge on any atom is -0.207 e. The van der Waals surface area contributed by atoms with Gasteiger partial charge in [-0.2, -0.15) is 15.2 Å². The maximum atomic E-state index is 12.2. The van der Waals surface area contributed by atoms with E-state index in [0.29, 0.717) is 18.4 Å². The highest BCUT2D eigenvalue weighted by Crippen LogP contribution is 2.19. The minimum atomic E-state index is -3.76. The fourth-order valence-corrected chi connectivity index (χ4v) is 3.06. The van der Waals surface area contributed by atoms with Gasteiger partial charge in [-0.05, 0) is 37.1 Å². The first-order valence-corrected chi connectivity index (χ1v) is 7.36. The number of rotatable bonds is 5. The van der Waals surface area contributed by atoms with Crippen molar-refractivity contribution in [1.29, 1.82) is 10.5 Å². The van der Waals surface area contributed by atoms with Gasteiger partial charge in [-0.25, -0.2) is 8.42 Å². The van der Waals surface area contributed by atoms with Crippen LogP contribution in [-0.2, 0) is 10.0 Å². The maximum Gasteiger partial charge on any atom is 0.241 e. The van der Waals surface area contributed by atoms with Crippen LogP contribution >= 0.6 is 0 Å². The first-order valence-electron chi connectivity index (χ1n) is 5.88. The number of nitrogens with zero attached hydrogens (tertiary/aromatic N) is 2. The summed E-state index contributed by atoms with van der Waals surface area (Å²) in [5, 5.41) is 17.8. The molecule has 0 saturated heterocycles. The molecule has 0 aliphatic rings. The largest absolute Gasteiger partial charge is 0.241 e. The van der Waals surface area contributed by atoms with Crippen molar-refractivity contribution in [2.45, 2.75) is 37.1 Å². The molecule has 0 bridgehead atoms. The number of nitrogens with one attached hydrogen (secondary N) is 1. The molecule has 1 N–H and O–H groups in total. The number of sulfonamides is 1. The molecule has 0 fully saturated rings. The van der Waals surface area contributed by atoms with Gasteiger partial charge in [-0.15, -0.1) is 0 Å². The second kappa shape index (κ2) is 5.83. The summed E-state index contributed by atoms with van der Waals surface area (Å²) in [6.45, 7) is 3.52. The predicted octanol–water partition coefficient (Wildman–Crippen LogP) is 1.92. The van der Waals surface area contributed by atoms with Crippen LogP contribution < -0.4 is 4.72 Å². The standard InChI is InChI=1S/C13H15N3O2S/c1-3-13(4-2,10-15)16-19(17,18)12-7-5-11(9-14)6-8-12/h5-8,16H,3-4H2,1-2H3. The molecule has 0 radical (unpaired) electrons. The van der Waals surface area contributed by atoms with Crippen LogP contribution in [0, 0.1) is 22.7 Å². The zero-order valence-corrected chi connectivity index (χ0v) is 11.7. The zero-order chi connectivity index (χ0) is 14.5. The third kappa shape index (κ3) is 3.31. The molecule has 0 amide bonds. The number of hydrogen-bond donors (Lipinski definition) is 1. The van der Waals surface area contributed by atoms with Crippen LogP contribution in [0.1, 0.15) is 32.3 Å². The molecule has 0 aromatic heterocycles. The summed E-state index contributed by atoms with van der Waals surface area (Å²) in [6, 6.07) is 9.51. The summed E-state index contributed by atoms with van der Waals surface area (Å²) in [5.41, 5.74) is -0.705. The molecule has 0 saturated carbocycles. The van der Waals surface area contributed by atoms with E-state index >= 15 is 0 Å². The third-order valence-electron chi connectivity index (χ3n) is 3.04. The monoisotopic (exact) mass is 277 g/mol. The van der Waals surface area contributed by atoms with Gasteiger partial charge in [0.1, 0.15) is 5.54 Å². The van der Waals surface area contributed by atoms with Crippen LogP contribution in [-0.4, -0.2) is 14.0 Å². The van der Waals surface area contributed by atoms with Gasteiger partial charge < -0.3 is 0 Å². The summed E-state index contributed by atoms with van der Waals surface area (Å²) in [7, 11) is -3.76. The molecule has 100 valence electrons. The summed E-state index contributed by atoms with van der Waals surface area (Å²) < 4.78 is 26.8. The Bertz CT molecular complexity index is 617. The van der Waals surface area contributed by atoms with Crippen LogP contribution in [0.15, 0.2) is 29.2 Å². The van der Waals surface area contributed by atoms with Gasteiger partial charge in [0, 0.05) is 0 Å². The fourth-order valence-electron chi connectivity index (χ4n) is 1.60. The lowest BCUT2D eigenvalue weighted by atomic mass is 9.97. The van der Waals surface area contributed by atoms with Crippen molar-refractivity contribution in [3.8, 4) is 12.1 Å². The smallest absolute Gasteiger partial charge is 0.207 e. The first-order chi connectivity index (χ1) is 8.93. The molecule has 1 aromatic rings. The Morgan fingerprint density at radius 1 is 1.16 bits per heavy atom. The summed E-state index contributed by atoms with van der Waals surface area (Å²) >= 11 is 0. The average molecular weight is 277 g/mol. The van der Waals surface area contributed by atoms with Crippen molar-refractivity contribution >= 4 is 10.0 Å². The lowest BCUT2D eigenvalue weighted by molar-refractivity contribution is 0.446. The molecule has 0 heterocycles. The van der Waals surface area contributed by atoms with Crippen LogP contribution in [0.5, 0.6) is 0 Å². The molecule has 5 nitrogen and oxygen atoms in total. The highest BCUT2D eigenvalue weighted by Gasteiger charge is 2.31. The van der Waals surface area contributed by atoms with Crippen LogP contribution in [0.4, 0.5) is 0 Å². The molecular formula is C13H15N3O2S. The molecule has 0 aliphatic heterocycles. The Hall–Kier alpha value is -1.89. The highest BCUT2D eigenvalue weighted by molar-refractivity contribution is 7.89. The molecule has 0 unspecified atom stereocenters. The SMILES string of the molecule is CCC(C#N)(CC)NS(=O)(=O)c1ccc(C#N)cc1. The lowest BCUT2D eigenvalue weighted by Crippen LogP contribution is -2.46. The van der Waals surface area contributed by atoms with E-state index in [1.54, 1.807) is 13.8 Å². The third-order valence-corrected chi connectivity index (χ3v) is 4.60. The molecule has 6 heteroatoms. The van der Waals surface area contributed by atoms with E-state index in [1.165, 1.54) is 24.3 Å². The van der Waals surface area contributed by atoms with Gasteiger partial charge in [0.05, 0.1) is 22.6 Å². The fraction of sp³-hybridized carbons (Fsp3) is 0.385. The Kier molecular flexibility index (Phi) is 4.66. The van der Waals surface area contributed by atoms with Crippen LogP contribution in [0.3, 0.4) is 0 Å². The zero-order valence-electron chi connectivity index (χ0n) is 10.8. The van der Waals surface area contributed by atoms with Crippen LogP contribution in [0.2, 0.25) is 0 Å². The molecule has 0 aliphatic carbocycles. The molecule has 0 atom stereocenters.